The zero-order valence-corrected chi connectivity index (χ0v) is 17.1. The Kier molecular flexibility index (Phi) is 6.18. The van der Waals surface area contributed by atoms with Crippen molar-refractivity contribution in [2.24, 2.45) is 10.9 Å². The van der Waals surface area contributed by atoms with Crippen LogP contribution in [0.25, 0.3) is 11.4 Å². The van der Waals surface area contributed by atoms with E-state index in [1.54, 1.807) is 0 Å². The predicted molar refractivity (Wildman–Crippen MR) is 103 cm³/mol. The molecule has 0 amide bonds. The highest BCUT2D eigenvalue weighted by atomic mass is 32.2. The van der Waals surface area contributed by atoms with Crippen molar-refractivity contribution in [2.45, 2.75) is 61.7 Å². The molecule has 9 nitrogen and oxygen atoms in total. The average Bonchev–Trinajstić information content (AvgIpc) is 3.14. The smallest absolute Gasteiger partial charge is 0.324 e. The quantitative estimate of drug-likeness (QED) is 0.452. The highest BCUT2D eigenvalue weighted by Crippen LogP contribution is 2.40. The Balaban J connectivity index is 1.87. The number of benzene rings is 1. The second kappa shape index (κ2) is 8.21. The van der Waals surface area contributed by atoms with Crippen LogP contribution in [-0.2, 0) is 22.6 Å². The molecule has 1 unspecified atom stereocenters. The first-order valence-corrected chi connectivity index (χ1v) is 11.0. The van der Waals surface area contributed by atoms with Gasteiger partial charge in [0.15, 0.2) is 5.82 Å². The molecule has 1 aromatic heterocycles. The van der Waals surface area contributed by atoms with Gasteiger partial charge in [-0.3, -0.25) is 0 Å². The molecule has 1 fully saturated rings. The Hall–Kier alpha value is -2.09. The van der Waals surface area contributed by atoms with E-state index in [4.69, 9.17) is 10.9 Å². The Morgan fingerprint density at radius 1 is 1.33 bits per heavy atom. The standard InChI is InChI=1S/C17H24F3N7O2S/c1-10(23-9-16(21)7-8-16)3-2-4-11-5-6-12(17(18,19)20)14(30(22,28)29)13(11)15-24-26-27-25-15/h5-6,10,23H,2-4,7-9,21H2,1H3,(H2,22,28,29)(H,24,25,26,27). The zero-order valence-electron chi connectivity index (χ0n) is 16.3. The van der Waals surface area contributed by atoms with Gasteiger partial charge in [0.1, 0.15) is 4.90 Å². The molecule has 0 radical (unpaired) electrons. The lowest BCUT2D eigenvalue weighted by atomic mass is 9.97. The van der Waals surface area contributed by atoms with Gasteiger partial charge >= 0.3 is 6.18 Å². The van der Waals surface area contributed by atoms with Gasteiger partial charge in [0.2, 0.25) is 10.0 Å². The molecule has 166 valence electrons. The number of H-pyrrole nitrogens is 1. The molecular weight excluding hydrogens is 423 g/mol. The summed E-state index contributed by atoms with van der Waals surface area (Å²) >= 11 is 0. The Labute approximate surface area is 171 Å². The molecular formula is C17H24F3N7O2S. The Bertz CT molecular complexity index is 990. The van der Waals surface area contributed by atoms with Gasteiger partial charge in [0.05, 0.1) is 5.56 Å². The minimum absolute atomic E-state index is 0.126. The van der Waals surface area contributed by atoms with Crippen LogP contribution in [-0.4, -0.2) is 47.2 Å². The summed E-state index contributed by atoms with van der Waals surface area (Å²) in [6.07, 6.45) is -1.31. The van der Waals surface area contributed by atoms with E-state index in [9.17, 15) is 21.6 Å². The minimum Gasteiger partial charge on any atom is -0.324 e. The summed E-state index contributed by atoms with van der Waals surface area (Å²) in [4.78, 5) is -1.03. The van der Waals surface area contributed by atoms with Crippen molar-refractivity contribution in [3.8, 4) is 11.4 Å². The van der Waals surface area contributed by atoms with Crippen LogP contribution in [0.4, 0.5) is 13.2 Å². The average molecular weight is 447 g/mol. The summed E-state index contributed by atoms with van der Waals surface area (Å²) in [7, 11) is -4.72. The molecule has 1 saturated carbocycles. The lowest BCUT2D eigenvalue weighted by Gasteiger charge is -2.19. The van der Waals surface area contributed by atoms with Crippen molar-refractivity contribution in [1.82, 2.24) is 25.9 Å². The highest BCUT2D eigenvalue weighted by Gasteiger charge is 2.40. The van der Waals surface area contributed by atoms with Crippen molar-refractivity contribution in [2.75, 3.05) is 6.54 Å². The van der Waals surface area contributed by atoms with Gasteiger partial charge in [-0.15, -0.1) is 5.10 Å². The number of nitrogens with two attached hydrogens (primary N) is 2. The third kappa shape index (κ3) is 5.33. The van der Waals surface area contributed by atoms with Crippen molar-refractivity contribution in [3.05, 3.63) is 23.3 Å². The number of aryl methyl sites for hydroxylation is 1. The molecule has 1 aromatic carbocycles. The molecule has 0 aliphatic heterocycles. The first kappa shape index (κ1) is 22.6. The molecule has 6 N–H and O–H groups in total. The number of hydrogen-bond acceptors (Lipinski definition) is 7. The minimum atomic E-state index is -4.91. The molecule has 0 spiro atoms. The molecule has 2 aromatic rings. The van der Waals surface area contributed by atoms with Gasteiger partial charge in [-0.25, -0.2) is 18.7 Å². The van der Waals surface area contributed by atoms with E-state index in [1.807, 2.05) is 6.92 Å². The fourth-order valence-corrected chi connectivity index (χ4v) is 4.29. The fraction of sp³-hybridized carbons (Fsp3) is 0.588. The number of sulfonamides is 1. The Morgan fingerprint density at radius 3 is 2.57 bits per heavy atom. The third-order valence-electron chi connectivity index (χ3n) is 5.19. The van der Waals surface area contributed by atoms with Crippen LogP contribution < -0.4 is 16.2 Å². The first-order chi connectivity index (χ1) is 13.9. The van der Waals surface area contributed by atoms with Crippen LogP contribution in [0.15, 0.2) is 17.0 Å². The molecule has 1 aliphatic rings. The van der Waals surface area contributed by atoms with Crippen LogP contribution in [0, 0.1) is 0 Å². The maximum Gasteiger partial charge on any atom is 0.417 e. The summed E-state index contributed by atoms with van der Waals surface area (Å²) in [5.74, 6) is -0.190. The lowest BCUT2D eigenvalue weighted by molar-refractivity contribution is -0.139. The number of alkyl halides is 3. The van der Waals surface area contributed by atoms with Gasteiger partial charge in [0, 0.05) is 23.7 Å². The number of aromatic nitrogens is 4. The molecule has 30 heavy (non-hydrogen) atoms. The molecule has 0 saturated heterocycles. The molecule has 0 bridgehead atoms. The Morgan fingerprint density at radius 2 is 2.03 bits per heavy atom. The van der Waals surface area contributed by atoms with Crippen molar-refractivity contribution in [3.63, 3.8) is 0 Å². The number of rotatable bonds is 9. The van der Waals surface area contributed by atoms with Gasteiger partial charge in [-0.1, -0.05) is 6.07 Å². The van der Waals surface area contributed by atoms with Gasteiger partial charge in [0.25, 0.3) is 0 Å². The molecule has 1 atom stereocenters. The number of primary sulfonamides is 1. The lowest BCUT2D eigenvalue weighted by Crippen LogP contribution is -2.40. The fourth-order valence-electron chi connectivity index (χ4n) is 3.29. The normalized spacial score (nSPS) is 17.1. The molecule has 3 rings (SSSR count). The monoisotopic (exact) mass is 447 g/mol. The summed E-state index contributed by atoms with van der Waals surface area (Å²) in [6.45, 7) is 2.70. The second-order valence-electron chi connectivity index (χ2n) is 7.81. The van der Waals surface area contributed by atoms with E-state index in [-0.39, 0.29) is 23.0 Å². The van der Waals surface area contributed by atoms with E-state index in [1.165, 1.54) is 6.07 Å². The van der Waals surface area contributed by atoms with Crippen LogP contribution in [0.3, 0.4) is 0 Å². The number of nitrogens with zero attached hydrogens (tertiary/aromatic N) is 3. The summed E-state index contributed by atoms with van der Waals surface area (Å²) in [5, 5.41) is 21.2. The first-order valence-electron chi connectivity index (χ1n) is 9.43. The van der Waals surface area contributed by atoms with E-state index < -0.39 is 26.7 Å². The SMILES string of the molecule is CC(CCCc1ccc(C(F)(F)F)c(S(N)(=O)=O)c1-c1nnn[nH]1)NCC1(N)CC1. The predicted octanol–water partition coefficient (Wildman–Crippen LogP) is 1.32. The molecule has 1 aliphatic carbocycles. The van der Waals surface area contributed by atoms with E-state index in [0.29, 0.717) is 24.9 Å². The highest BCUT2D eigenvalue weighted by molar-refractivity contribution is 7.89. The van der Waals surface area contributed by atoms with Crippen molar-refractivity contribution in [1.29, 1.82) is 0 Å². The van der Waals surface area contributed by atoms with E-state index in [0.717, 1.165) is 25.3 Å². The largest absolute Gasteiger partial charge is 0.417 e. The maximum atomic E-state index is 13.5. The van der Waals surface area contributed by atoms with Gasteiger partial charge in [-0.05, 0) is 61.1 Å². The number of tetrazole rings is 1. The van der Waals surface area contributed by atoms with Gasteiger partial charge < -0.3 is 11.1 Å². The number of hydrogen-bond donors (Lipinski definition) is 4. The summed E-state index contributed by atoms with van der Waals surface area (Å²) in [6, 6.07) is 2.12. The number of halogens is 3. The maximum absolute atomic E-state index is 13.5. The summed E-state index contributed by atoms with van der Waals surface area (Å²) < 4.78 is 64.6. The second-order valence-corrected chi connectivity index (χ2v) is 9.30. The van der Waals surface area contributed by atoms with Crippen LogP contribution in [0.1, 0.15) is 43.7 Å². The molecule has 13 heteroatoms. The van der Waals surface area contributed by atoms with Crippen molar-refractivity contribution < 1.29 is 21.6 Å². The van der Waals surface area contributed by atoms with Crippen LogP contribution >= 0.6 is 0 Å². The van der Waals surface area contributed by atoms with Crippen LogP contribution in [0.5, 0.6) is 0 Å². The van der Waals surface area contributed by atoms with Gasteiger partial charge in [-0.2, -0.15) is 13.2 Å². The van der Waals surface area contributed by atoms with Crippen molar-refractivity contribution >= 4 is 10.0 Å². The zero-order chi connectivity index (χ0) is 22.2. The van der Waals surface area contributed by atoms with Crippen LogP contribution in [0.2, 0.25) is 0 Å². The van der Waals surface area contributed by atoms with E-state index in [2.05, 4.69) is 25.9 Å². The third-order valence-corrected chi connectivity index (χ3v) is 6.19. The topological polar surface area (TPSA) is 153 Å². The van der Waals surface area contributed by atoms with E-state index >= 15 is 0 Å². The number of nitrogens with one attached hydrogen (secondary N) is 2. The number of aromatic amines is 1. The molecule has 1 heterocycles. The summed E-state index contributed by atoms with van der Waals surface area (Å²) in [5.41, 5.74) is 4.67.